The molecular formula is C12H25NO4. The number of ether oxygens (including phenoxy) is 1. The Balaban J connectivity index is 3.70. The number of aliphatic hydroxyl groups is 2. The zero-order valence-corrected chi connectivity index (χ0v) is 11.0. The van der Waals surface area contributed by atoms with Crippen LogP contribution in [-0.2, 0) is 9.53 Å². The molecule has 0 aromatic rings. The van der Waals surface area contributed by atoms with Crippen LogP contribution < -0.4 is 5.32 Å². The summed E-state index contributed by atoms with van der Waals surface area (Å²) in [6, 6.07) is 0. The second kappa shape index (κ2) is 8.44. The molecule has 0 amide bonds. The zero-order chi connectivity index (χ0) is 13.3. The van der Waals surface area contributed by atoms with Crippen molar-refractivity contribution in [1.82, 2.24) is 5.32 Å². The maximum Gasteiger partial charge on any atom is 0.308 e. The van der Waals surface area contributed by atoms with Crippen molar-refractivity contribution < 1.29 is 19.7 Å². The van der Waals surface area contributed by atoms with Crippen LogP contribution in [0.3, 0.4) is 0 Å². The van der Waals surface area contributed by atoms with Crippen LogP contribution in [-0.4, -0.2) is 48.6 Å². The summed E-state index contributed by atoms with van der Waals surface area (Å²) in [6.07, 6.45) is -0.00567. The van der Waals surface area contributed by atoms with Crippen LogP contribution in [0.1, 0.15) is 33.6 Å². The fraction of sp³-hybridized carbons (Fsp3) is 0.917. The molecule has 3 N–H and O–H groups in total. The summed E-state index contributed by atoms with van der Waals surface area (Å²) in [7, 11) is 0. The third kappa shape index (κ3) is 9.09. The van der Waals surface area contributed by atoms with E-state index in [1.54, 1.807) is 6.92 Å². The van der Waals surface area contributed by atoms with E-state index in [0.29, 0.717) is 26.1 Å². The van der Waals surface area contributed by atoms with Gasteiger partial charge in [0.1, 0.15) is 0 Å². The Hall–Kier alpha value is -0.650. The van der Waals surface area contributed by atoms with Gasteiger partial charge in [-0.2, -0.15) is 0 Å². The van der Waals surface area contributed by atoms with E-state index >= 15 is 0 Å². The Labute approximate surface area is 103 Å². The van der Waals surface area contributed by atoms with Crippen molar-refractivity contribution in [3.05, 3.63) is 0 Å². The number of hydrogen-bond donors (Lipinski definition) is 3. The van der Waals surface area contributed by atoms with Crippen LogP contribution in [0.4, 0.5) is 0 Å². The largest absolute Gasteiger partial charge is 0.466 e. The van der Waals surface area contributed by atoms with Gasteiger partial charge >= 0.3 is 5.97 Å². The first kappa shape index (κ1) is 16.4. The molecule has 0 saturated carbocycles. The lowest BCUT2D eigenvalue weighted by Crippen LogP contribution is -2.36. The molecular weight excluding hydrogens is 222 g/mol. The molecule has 0 heterocycles. The highest BCUT2D eigenvalue weighted by Crippen LogP contribution is 2.17. The van der Waals surface area contributed by atoms with Crippen LogP contribution in [0.5, 0.6) is 0 Å². The summed E-state index contributed by atoms with van der Waals surface area (Å²) in [6.45, 7) is 7.34. The van der Waals surface area contributed by atoms with Crippen LogP contribution in [0.25, 0.3) is 0 Å². The highest BCUT2D eigenvalue weighted by molar-refractivity contribution is 5.69. The lowest BCUT2D eigenvalue weighted by Gasteiger charge is -2.24. The minimum Gasteiger partial charge on any atom is -0.466 e. The molecule has 0 radical (unpaired) electrons. The molecule has 0 saturated heterocycles. The van der Waals surface area contributed by atoms with Gasteiger partial charge in [-0.15, -0.1) is 0 Å². The van der Waals surface area contributed by atoms with Crippen LogP contribution in [0.2, 0.25) is 0 Å². The first-order valence-corrected chi connectivity index (χ1v) is 6.06. The van der Waals surface area contributed by atoms with Crippen molar-refractivity contribution in [1.29, 1.82) is 0 Å². The predicted octanol–water partition coefficient (Wildman–Crippen LogP) is 0.299. The van der Waals surface area contributed by atoms with Crippen molar-refractivity contribution in [3.63, 3.8) is 0 Å². The Morgan fingerprint density at radius 2 is 2.12 bits per heavy atom. The molecule has 5 heteroatoms. The summed E-state index contributed by atoms with van der Waals surface area (Å²) in [4.78, 5) is 11.1. The second-order valence-electron chi connectivity index (χ2n) is 4.93. The molecule has 5 nitrogen and oxygen atoms in total. The number of esters is 1. The monoisotopic (exact) mass is 247 g/mol. The van der Waals surface area contributed by atoms with E-state index in [2.05, 4.69) is 5.32 Å². The summed E-state index contributed by atoms with van der Waals surface area (Å²) >= 11 is 0. The van der Waals surface area contributed by atoms with E-state index in [1.165, 1.54) is 0 Å². The molecule has 1 unspecified atom stereocenters. The quantitative estimate of drug-likeness (QED) is 0.511. The van der Waals surface area contributed by atoms with Gasteiger partial charge in [-0.05, 0) is 18.8 Å². The van der Waals surface area contributed by atoms with Crippen molar-refractivity contribution >= 4 is 5.97 Å². The summed E-state index contributed by atoms with van der Waals surface area (Å²) in [5.74, 6) is -0.378. The van der Waals surface area contributed by atoms with E-state index in [4.69, 9.17) is 9.84 Å². The number of hydrogen-bond acceptors (Lipinski definition) is 5. The van der Waals surface area contributed by atoms with E-state index < -0.39 is 6.10 Å². The first-order chi connectivity index (χ1) is 7.91. The molecule has 17 heavy (non-hydrogen) atoms. The maximum atomic E-state index is 11.1. The molecule has 0 bridgehead atoms. The molecule has 102 valence electrons. The number of rotatable bonds is 9. The van der Waals surface area contributed by atoms with Gasteiger partial charge < -0.3 is 20.3 Å². The van der Waals surface area contributed by atoms with Crippen LogP contribution in [0.15, 0.2) is 0 Å². The fourth-order valence-electron chi connectivity index (χ4n) is 1.45. The van der Waals surface area contributed by atoms with Gasteiger partial charge in [-0.3, -0.25) is 4.79 Å². The topological polar surface area (TPSA) is 78.8 Å². The number of carbonyl (C=O) groups excluding carboxylic acids is 1. The molecule has 1 atom stereocenters. The van der Waals surface area contributed by atoms with Gasteiger partial charge in [-0.1, -0.05) is 13.8 Å². The number of carbonyl (C=O) groups is 1. The van der Waals surface area contributed by atoms with Gasteiger partial charge in [0.15, 0.2) is 0 Å². The molecule has 0 aliphatic heterocycles. The number of aliphatic hydroxyl groups excluding tert-OH is 2. The molecule has 0 aromatic heterocycles. The average Bonchev–Trinajstić information content (AvgIpc) is 2.16. The normalized spacial score (nSPS) is 13.5. The van der Waals surface area contributed by atoms with E-state index in [1.807, 2.05) is 13.8 Å². The van der Waals surface area contributed by atoms with Gasteiger partial charge in [0, 0.05) is 19.7 Å². The van der Waals surface area contributed by atoms with Crippen molar-refractivity contribution in [2.75, 3.05) is 26.3 Å². The highest BCUT2D eigenvalue weighted by atomic mass is 16.5. The minimum absolute atomic E-state index is 0.0151. The van der Waals surface area contributed by atoms with Crippen LogP contribution >= 0.6 is 0 Å². The van der Waals surface area contributed by atoms with E-state index in [-0.39, 0.29) is 24.4 Å². The smallest absolute Gasteiger partial charge is 0.308 e. The van der Waals surface area contributed by atoms with Crippen LogP contribution in [0, 0.1) is 5.41 Å². The van der Waals surface area contributed by atoms with Crippen molar-refractivity contribution in [2.24, 2.45) is 5.41 Å². The average molecular weight is 247 g/mol. The second-order valence-corrected chi connectivity index (χ2v) is 4.93. The lowest BCUT2D eigenvalue weighted by atomic mass is 9.90. The van der Waals surface area contributed by atoms with Gasteiger partial charge in [-0.25, -0.2) is 0 Å². The third-order valence-electron chi connectivity index (χ3n) is 2.48. The summed E-state index contributed by atoms with van der Waals surface area (Å²) < 4.78 is 4.74. The Morgan fingerprint density at radius 3 is 2.65 bits per heavy atom. The van der Waals surface area contributed by atoms with Gasteiger partial charge in [0.25, 0.3) is 0 Å². The van der Waals surface area contributed by atoms with Gasteiger partial charge in [0.05, 0.1) is 19.1 Å². The molecule has 0 aliphatic carbocycles. The number of nitrogens with one attached hydrogen (secondary N) is 1. The molecule has 0 aromatic carbocycles. The molecule has 0 aliphatic rings. The van der Waals surface area contributed by atoms with Crippen molar-refractivity contribution in [2.45, 2.75) is 39.7 Å². The Morgan fingerprint density at radius 1 is 1.47 bits per heavy atom. The maximum absolute atomic E-state index is 11.1. The van der Waals surface area contributed by atoms with Gasteiger partial charge in [0.2, 0.25) is 0 Å². The highest BCUT2D eigenvalue weighted by Gasteiger charge is 2.18. The third-order valence-corrected chi connectivity index (χ3v) is 2.48. The predicted molar refractivity (Wildman–Crippen MR) is 65.6 cm³/mol. The Kier molecular flexibility index (Phi) is 8.12. The fourth-order valence-corrected chi connectivity index (χ4v) is 1.45. The molecule has 0 spiro atoms. The summed E-state index contributed by atoms with van der Waals surface area (Å²) in [5, 5.41) is 21.5. The van der Waals surface area contributed by atoms with Crippen molar-refractivity contribution in [3.8, 4) is 0 Å². The van der Waals surface area contributed by atoms with E-state index in [9.17, 15) is 9.90 Å². The van der Waals surface area contributed by atoms with E-state index in [0.717, 1.165) is 0 Å². The lowest BCUT2D eigenvalue weighted by molar-refractivity contribution is -0.145. The molecule has 0 rings (SSSR count). The first-order valence-electron chi connectivity index (χ1n) is 6.06. The standard InChI is InChI=1S/C12H25NO4/c1-4-17-11(16)7-10(15)8-13-9-12(2,3)5-6-14/h10,13-15H,4-9H2,1-3H3. The minimum atomic E-state index is -0.723. The zero-order valence-electron chi connectivity index (χ0n) is 11.0. The SMILES string of the molecule is CCOC(=O)CC(O)CNCC(C)(C)CCO. The Bertz CT molecular complexity index is 219. The summed E-state index contributed by atoms with van der Waals surface area (Å²) in [5.41, 5.74) is -0.0155. The molecule has 0 fully saturated rings.